The summed E-state index contributed by atoms with van der Waals surface area (Å²) in [7, 11) is 0. The number of nitrogens with one attached hydrogen (secondary N) is 1. The zero-order chi connectivity index (χ0) is 18.8. The molecule has 0 saturated carbocycles. The number of fused-ring (bicyclic) bond motifs is 3. The van der Waals surface area contributed by atoms with Crippen LogP contribution in [0.2, 0.25) is 0 Å². The minimum atomic E-state index is -0.973. The molecule has 1 aromatic heterocycles. The summed E-state index contributed by atoms with van der Waals surface area (Å²) in [5.74, 6) is -0.956. The zero-order valence-electron chi connectivity index (χ0n) is 14.3. The number of amides is 1. The second-order valence-electron chi connectivity index (χ2n) is 6.29. The Balaban J connectivity index is 1.39. The molecule has 1 heterocycles. The van der Waals surface area contributed by atoms with Crippen molar-refractivity contribution in [1.29, 1.82) is 0 Å². The average molecular weight is 379 g/mol. The molecular formula is C21H17NO4S. The predicted octanol–water partition coefficient (Wildman–Crippen LogP) is 4.49. The molecule has 3 aromatic rings. The Kier molecular flexibility index (Phi) is 4.64. The number of thiophene rings is 1. The molecule has 6 heteroatoms. The van der Waals surface area contributed by atoms with Crippen LogP contribution in [0.4, 0.5) is 4.79 Å². The Bertz CT molecular complexity index is 965. The van der Waals surface area contributed by atoms with Crippen molar-refractivity contribution in [2.75, 3.05) is 6.61 Å². The number of hydrogen-bond donors (Lipinski definition) is 2. The van der Waals surface area contributed by atoms with Gasteiger partial charge < -0.3 is 15.2 Å². The van der Waals surface area contributed by atoms with Crippen molar-refractivity contribution in [3.8, 4) is 11.1 Å². The van der Waals surface area contributed by atoms with Crippen molar-refractivity contribution < 1.29 is 19.4 Å². The van der Waals surface area contributed by atoms with E-state index in [2.05, 4.69) is 29.6 Å². The van der Waals surface area contributed by atoms with E-state index >= 15 is 0 Å². The van der Waals surface area contributed by atoms with Crippen LogP contribution < -0.4 is 5.32 Å². The maximum atomic E-state index is 12.1. The van der Waals surface area contributed by atoms with E-state index in [1.54, 1.807) is 11.4 Å². The number of alkyl carbamates (subject to hydrolysis) is 1. The number of ether oxygens (including phenoxy) is 1. The Morgan fingerprint density at radius 3 is 2.26 bits per heavy atom. The molecule has 0 saturated heterocycles. The maximum absolute atomic E-state index is 12.1. The van der Waals surface area contributed by atoms with Crippen LogP contribution in [0.5, 0.6) is 0 Å². The summed E-state index contributed by atoms with van der Waals surface area (Å²) >= 11 is 1.29. The molecule has 2 aromatic carbocycles. The molecule has 0 aliphatic heterocycles. The quantitative estimate of drug-likeness (QED) is 0.685. The molecule has 0 bridgehead atoms. The number of carboxylic acid groups (broad SMARTS) is 1. The standard InChI is InChI=1S/C21H17NO4S/c23-20(24)13-9-14(27-12-13)10-22-21(25)26-11-19-17-7-3-1-5-15(17)16-6-2-4-8-18(16)19/h1-9,12,19H,10-11H2,(H,22,25)(H,23,24). The van der Waals surface area contributed by atoms with E-state index in [1.807, 2.05) is 24.3 Å². The fourth-order valence-electron chi connectivity index (χ4n) is 3.39. The van der Waals surface area contributed by atoms with Gasteiger partial charge in [0.25, 0.3) is 0 Å². The van der Waals surface area contributed by atoms with Crippen molar-refractivity contribution in [3.63, 3.8) is 0 Å². The number of aromatic carboxylic acids is 1. The van der Waals surface area contributed by atoms with E-state index in [4.69, 9.17) is 9.84 Å². The summed E-state index contributed by atoms with van der Waals surface area (Å²) in [5, 5.41) is 13.2. The molecule has 27 heavy (non-hydrogen) atoms. The van der Waals surface area contributed by atoms with Crippen LogP contribution in [0.1, 0.15) is 32.3 Å². The van der Waals surface area contributed by atoms with Crippen LogP contribution in [-0.4, -0.2) is 23.8 Å². The van der Waals surface area contributed by atoms with Crippen LogP contribution in [-0.2, 0) is 11.3 Å². The van der Waals surface area contributed by atoms with E-state index in [0.29, 0.717) is 0 Å². The first-order valence-corrected chi connectivity index (χ1v) is 9.41. The molecule has 1 aliphatic carbocycles. The summed E-state index contributed by atoms with van der Waals surface area (Å²) in [6.45, 7) is 0.499. The Labute approximate surface area is 160 Å². The van der Waals surface area contributed by atoms with Gasteiger partial charge in [-0.15, -0.1) is 11.3 Å². The number of hydrogen-bond acceptors (Lipinski definition) is 4. The van der Waals surface area contributed by atoms with E-state index < -0.39 is 12.1 Å². The summed E-state index contributed by atoms with van der Waals surface area (Å²) in [6, 6.07) is 17.9. The lowest BCUT2D eigenvalue weighted by Gasteiger charge is -2.14. The van der Waals surface area contributed by atoms with Gasteiger partial charge in [-0.05, 0) is 28.3 Å². The molecule has 1 amide bonds. The smallest absolute Gasteiger partial charge is 0.407 e. The highest BCUT2D eigenvalue weighted by Gasteiger charge is 2.28. The van der Waals surface area contributed by atoms with Gasteiger partial charge in [-0.25, -0.2) is 9.59 Å². The fourth-order valence-corrected chi connectivity index (χ4v) is 4.19. The van der Waals surface area contributed by atoms with Gasteiger partial charge in [-0.1, -0.05) is 48.5 Å². The molecule has 0 unspecified atom stereocenters. The van der Waals surface area contributed by atoms with E-state index in [-0.39, 0.29) is 24.6 Å². The van der Waals surface area contributed by atoms with Gasteiger partial charge in [0.05, 0.1) is 12.1 Å². The zero-order valence-corrected chi connectivity index (χ0v) is 15.2. The summed E-state index contributed by atoms with van der Waals surface area (Å²) in [6.07, 6.45) is -0.512. The van der Waals surface area contributed by atoms with Crippen molar-refractivity contribution >= 4 is 23.4 Å². The van der Waals surface area contributed by atoms with E-state index in [9.17, 15) is 9.59 Å². The molecule has 5 nitrogen and oxygen atoms in total. The molecule has 0 atom stereocenters. The van der Waals surface area contributed by atoms with Gasteiger partial charge in [0.15, 0.2) is 0 Å². The number of rotatable bonds is 5. The van der Waals surface area contributed by atoms with Crippen molar-refractivity contribution in [1.82, 2.24) is 5.32 Å². The fraction of sp³-hybridized carbons (Fsp3) is 0.143. The number of carbonyl (C=O) groups is 2. The number of benzene rings is 2. The molecule has 136 valence electrons. The van der Waals surface area contributed by atoms with Gasteiger partial charge in [0, 0.05) is 16.2 Å². The average Bonchev–Trinajstić information content (AvgIpc) is 3.28. The number of carbonyl (C=O) groups excluding carboxylic acids is 1. The summed E-state index contributed by atoms with van der Waals surface area (Å²) in [5.41, 5.74) is 4.92. The second kappa shape index (κ2) is 7.25. The third kappa shape index (κ3) is 3.44. The SMILES string of the molecule is O=C(NCc1cc(C(=O)O)cs1)OCC1c2ccccc2-c2ccccc21. The third-order valence-corrected chi connectivity index (χ3v) is 5.59. The minimum Gasteiger partial charge on any atom is -0.478 e. The first-order chi connectivity index (χ1) is 13.1. The van der Waals surface area contributed by atoms with Gasteiger partial charge >= 0.3 is 12.1 Å². The Morgan fingerprint density at radius 1 is 1.04 bits per heavy atom. The van der Waals surface area contributed by atoms with Gasteiger partial charge in [-0.2, -0.15) is 0 Å². The van der Waals surface area contributed by atoms with Crippen LogP contribution >= 0.6 is 11.3 Å². The van der Waals surface area contributed by atoms with Crippen LogP contribution in [0.15, 0.2) is 60.0 Å². The lowest BCUT2D eigenvalue weighted by atomic mass is 9.98. The lowest BCUT2D eigenvalue weighted by Crippen LogP contribution is -2.25. The molecule has 0 radical (unpaired) electrons. The maximum Gasteiger partial charge on any atom is 0.407 e. The number of carboxylic acids is 1. The van der Waals surface area contributed by atoms with Gasteiger partial charge in [0.2, 0.25) is 0 Å². The molecule has 0 fully saturated rings. The highest BCUT2D eigenvalue weighted by Crippen LogP contribution is 2.44. The van der Waals surface area contributed by atoms with Gasteiger partial charge in [-0.3, -0.25) is 0 Å². The largest absolute Gasteiger partial charge is 0.478 e. The normalized spacial score (nSPS) is 12.3. The van der Waals surface area contributed by atoms with Crippen molar-refractivity contribution in [2.24, 2.45) is 0 Å². The van der Waals surface area contributed by atoms with Gasteiger partial charge in [0.1, 0.15) is 6.61 Å². The Hall–Kier alpha value is -3.12. The highest BCUT2D eigenvalue weighted by atomic mass is 32.1. The van der Waals surface area contributed by atoms with Crippen LogP contribution in [0.25, 0.3) is 11.1 Å². The second-order valence-corrected chi connectivity index (χ2v) is 7.28. The highest BCUT2D eigenvalue weighted by molar-refractivity contribution is 7.10. The lowest BCUT2D eigenvalue weighted by molar-refractivity contribution is 0.0697. The third-order valence-electron chi connectivity index (χ3n) is 4.65. The van der Waals surface area contributed by atoms with Crippen LogP contribution in [0.3, 0.4) is 0 Å². The van der Waals surface area contributed by atoms with Crippen molar-refractivity contribution in [2.45, 2.75) is 12.5 Å². The van der Waals surface area contributed by atoms with E-state index in [0.717, 1.165) is 16.0 Å². The van der Waals surface area contributed by atoms with E-state index in [1.165, 1.54) is 22.5 Å². The molecule has 2 N–H and O–H groups in total. The molecule has 0 spiro atoms. The Morgan fingerprint density at radius 2 is 1.67 bits per heavy atom. The van der Waals surface area contributed by atoms with Crippen LogP contribution in [0, 0.1) is 0 Å². The molecular weight excluding hydrogens is 362 g/mol. The first-order valence-electron chi connectivity index (χ1n) is 8.53. The summed E-state index contributed by atoms with van der Waals surface area (Å²) < 4.78 is 5.45. The molecule has 4 rings (SSSR count). The monoisotopic (exact) mass is 379 g/mol. The topological polar surface area (TPSA) is 75.6 Å². The first kappa shape index (κ1) is 17.3. The molecule has 1 aliphatic rings. The predicted molar refractivity (Wildman–Crippen MR) is 103 cm³/mol. The minimum absolute atomic E-state index is 0.0171. The van der Waals surface area contributed by atoms with Crippen molar-refractivity contribution in [3.05, 3.63) is 81.5 Å². The summed E-state index contributed by atoms with van der Waals surface area (Å²) in [4.78, 5) is 23.8.